The summed E-state index contributed by atoms with van der Waals surface area (Å²) in [6.45, 7) is 1.12. The molecule has 0 bridgehead atoms. The molecule has 5 heteroatoms. The molecule has 2 aromatic carbocycles. The summed E-state index contributed by atoms with van der Waals surface area (Å²) in [5.74, 6) is 6.04. The van der Waals surface area contributed by atoms with Crippen molar-refractivity contribution >= 4 is 10.8 Å². The van der Waals surface area contributed by atoms with Crippen molar-refractivity contribution < 1.29 is 18.6 Å². The Labute approximate surface area is 163 Å². The fraction of sp³-hybridized carbons (Fsp3) is 0.261. The first kappa shape index (κ1) is 18.4. The first-order chi connectivity index (χ1) is 13.7. The largest absolute Gasteiger partial charge is 0.481 e. The first-order valence-electron chi connectivity index (χ1n) is 9.10. The molecule has 0 saturated carbocycles. The SMILES string of the molecule is COC1(c2cc(F)cc(OCC#Cc3nccc4ccccc34)c2)CCOC1. The molecule has 1 aliphatic rings. The van der Waals surface area contributed by atoms with Crippen molar-refractivity contribution in [3.05, 3.63) is 71.8 Å². The van der Waals surface area contributed by atoms with Crippen LogP contribution in [0.15, 0.2) is 54.7 Å². The zero-order valence-electron chi connectivity index (χ0n) is 15.6. The summed E-state index contributed by atoms with van der Waals surface area (Å²) < 4.78 is 30.9. The van der Waals surface area contributed by atoms with Crippen LogP contribution in [0, 0.1) is 17.7 Å². The molecular formula is C23H20FNO3. The van der Waals surface area contributed by atoms with Crippen LogP contribution >= 0.6 is 0 Å². The molecule has 1 saturated heterocycles. The topological polar surface area (TPSA) is 40.6 Å². The summed E-state index contributed by atoms with van der Waals surface area (Å²) in [4.78, 5) is 4.33. The van der Waals surface area contributed by atoms with Gasteiger partial charge in [0.05, 0.1) is 6.61 Å². The van der Waals surface area contributed by atoms with Crippen molar-refractivity contribution in [2.24, 2.45) is 0 Å². The van der Waals surface area contributed by atoms with Gasteiger partial charge in [0.2, 0.25) is 0 Å². The van der Waals surface area contributed by atoms with Crippen molar-refractivity contribution in [3.8, 4) is 17.6 Å². The molecule has 0 spiro atoms. The normalized spacial score (nSPS) is 18.6. The van der Waals surface area contributed by atoms with Crippen LogP contribution < -0.4 is 4.74 Å². The Kier molecular flexibility index (Phi) is 5.25. The molecule has 1 atom stereocenters. The van der Waals surface area contributed by atoms with Gasteiger partial charge in [0.25, 0.3) is 0 Å². The number of aromatic nitrogens is 1. The van der Waals surface area contributed by atoms with Crippen LogP contribution in [0.1, 0.15) is 17.7 Å². The van der Waals surface area contributed by atoms with Gasteiger partial charge in [-0.25, -0.2) is 9.37 Å². The number of rotatable bonds is 4. The number of halogens is 1. The molecule has 0 aliphatic carbocycles. The Morgan fingerprint density at radius 3 is 2.93 bits per heavy atom. The summed E-state index contributed by atoms with van der Waals surface area (Å²) in [6, 6.07) is 14.5. The van der Waals surface area contributed by atoms with E-state index in [4.69, 9.17) is 14.2 Å². The van der Waals surface area contributed by atoms with E-state index in [2.05, 4.69) is 16.8 Å². The van der Waals surface area contributed by atoms with Crippen LogP contribution in [0.25, 0.3) is 10.8 Å². The highest BCUT2D eigenvalue weighted by Crippen LogP contribution is 2.36. The number of fused-ring (bicyclic) bond motifs is 1. The van der Waals surface area contributed by atoms with E-state index in [-0.39, 0.29) is 12.4 Å². The van der Waals surface area contributed by atoms with Gasteiger partial charge < -0.3 is 14.2 Å². The summed E-state index contributed by atoms with van der Waals surface area (Å²) >= 11 is 0. The lowest BCUT2D eigenvalue weighted by atomic mass is 9.92. The van der Waals surface area contributed by atoms with Crippen LogP contribution in [0.5, 0.6) is 5.75 Å². The van der Waals surface area contributed by atoms with Crippen molar-refractivity contribution in [1.82, 2.24) is 4.98 Å². The molecule has 4 nitrogen and oxygen atoms in total. The van der Waals surface area contributed by atoms with E-state index in [0.717, 1.165) is 10.8 Å². The molecule has 2 heterocycles. The second-order valence-electron chi connectivity index (χ2n) is 6.65. The molecule has 142 valence electrons. The first-order valence-corrected chi connectivity index (χ1v) is 9.10. The number of methoxy groups -OCH3 is 1. The lowest BCUT2D eigenvalue weighted by Gasteiger charge is -2.26. The van der Waals surface area contributed by atoms with Gasteiger partial charge in [-0.1, -0.05) is 30.2 Å². The second kappa shape index (κ2) is 7.97. The van der Waals surface area contributed by atoms with E-state index in [0.29, 0.717) is 36.6 Å². The van der Waals surface area contributed by atoms with Gasteiger partial charge in [0, 0.05) is 37.8 Å². The number of hydrogen-bond acceptors (Lipinski definition) is 4. The Morgan fingerprint density at radius 1 is 1.21 bits per heavy atom. The van der Waals surface area contributed by atoms with Crippen molar-refractivity contribution in [2.75, 3.05) is 26.9 Å². The Morgan fingerprint density at radius 2 is 2.11 bits per heavy atom. The average Bonchev–Trinajstić information content (AvgIpc) is 3.21. The Balaban J connectivity index is 1.51. The van der Waals surface area contributed by atoms with E-state index in [1.54, 1.807) is 19.4 Å². The van der Waals surface area contributed by atoms with Gasteiger partial charge in [0.15, 0.2) is 0 Å². The van der Waals surface area contributed by atoms with Crippen molar-refractivity contribution in [1.29, 1.82) is 0 Å². The molecule has 0 amide bonds. The van der Waals surface area contributed by atoms with Crippen LogP contribution in [-0.4, -0.2) is 31.9 Å². The fourth-order valence-corrected chi connectivity index (χ4v) is 3.42. The molecule has 1 aromatic heterocycles. The molecule has 3 aromatic rings. The molecule has 28 heavy (non-hydrogen) atoms. The highest BCUT2D eigenvalue weighted by Gasteiger charge is 2.37. The van der Waals surface area contributed by atoms with E-state index in [1.165, 1.54) is 12.1 Å². The molecule has 0 N–H and O–H groups in total. The van der Waals surface area contributed by atoms with Gasteiger partial charge >= 0.3 is 0 Å². The zero-order valence-corrected chi connectivity index (χ0v) is 15.6. The molecule has 1 fully saturated rings. The zero-order chi connectivity index (χ0) is 19.4. The number of hydrogen-bond donors (Lipinski definition) is 0. The molecule has 1 unspecified atom stereocenters. The van der Waals surface area contributed by atoms with Crippen LogP contribution in [0.3, 0.4) is 0 Å². The minimum Gasteiger partial charge on any atom is -0.481 e. The van der Waals surface area contributed by atoms with E-state index in [9.17, 15) is 4.39 Å². The van der Waals surface area contributed by atoms with Crippen molar-refractivity contribution in [3.63, 3.8) is 0 Å². The van der Waals surface area contributed by atoms with Crippen LogP contribution in [0.2, 0.25) is 0 Å². The van der Waals surface area contributed by atoms with Gasteiger partial charge in [-0.3, -0.25) is 0 Å². The number of benzene rings is 2. The van der Waals surface area contributed by atoms with Crippen LogP contribution in [-0.2, 0) is 15.1 Å². The summed E-state index contributed by atoms with van der Waals surface area (Å²) in [7, 11) is 1.61. The summed E-state index contributed by atoms with van der Waals surface area (Å²) in [5, 5.41) is 2.08. The fourth-order valence-electron chi connectivity index (χ4n) is 3.42. The number of nitrogens with zero attached hydrogens (tertiary/aromatic N) is 1. The smallest absolute Gasteiger partial charge is 0.149 e. The summed E-state index contributed by atoms with van der Waals surface area (Å²) in [6.07, 6.45) is 2.42. The van der Waals surface area contributed by atoms with E-state index >= 15 is 0 Å². The lowest BCUT2D eigenvalue weighted by Crippen LogP contribution is -2.28. The average molecular weight is 377 g/mol. The summed E-state index contributed by atoms with van der Waals surface area (Å²) in [5.41, 5.74) is 0.785. The molecule has 0 radical (unpaired) electrons. The maximum absolute atomic E-state index is 14.1. The van der Waals surface area contributed by atoms with Gasteiger partial charge in [-0.2, -0.15) is 0 Å². The Bertz CT molecular complexity index is 1040. The van der Waals surface area contributed by atoms with Gasteiger partial charge in [0.1, 0.15) is 29.5 Å². The maximum Gasteiger partial charge on any atom is 0.149 e. The molecule has 1 aliphatic heterocycles. The van der Waals surface area contributed by atoms with Crippen LogP contribution in [0.4, 0.5) is 4.39 Å². The third-order valence-corrected chi connectivity index (χ3v) is 4.97. The van der Waals surface area contributed by atoms with Crippen molar-refractivity contribution in [2.45, 2.75) is 12.0 Å². The lowest BCUT2D eigenvalue weighted by molar-refractivity contribution is -0.0216. The molecular weight excluding hydrogens is 357 g/mol. The second-order valence-corrected chi connectivity index (χ2v) is 6.65. The molecule has 4 rings (SSSR count). The predicted octanol–water partition coefficient (Wildman–Crippen LogP) is 4.07. The standard InChI is InChI=1S/C23H20FNO3/c1-26-23(9-12-27-16-23)18-13-19(24)15-20(14-18)28-11-4-7-22-21-6-3-2-5-17(21)8-10-25-22/h2-3,5-6,8,10,13-15H,9,11-12,16H2,1H3. The number of pyridine rings is 1. The monoisotopic (exact) mass is 377 g/mol. The Hall–Kier alpha value is -2.94. The quantitative estimate of drug-likeness (QED) is 0.643. The minimum atomic E-state index is -0.626. The third kappa shape index (κ3) is 3.70. The third-order valence-electron chi connectivity index (χ3n) is 4.97. The highest BCUT2D eigenvalue weighted by molar-refractivity contribution is 5.86. The van der Waals surface area contributed by atoms with Gasteiger partial charge in [-0.05, 0) is 35.1 Å². The minimum absolute atomic E-state index is 0.129. The maximum atomic E-state index is 14.1. The van der Waals surface area contributed by atoms with E-state index < -0.39 is 5.60 Å². The predicted molar refractivity (Wildman–Crippen MR) is 105 cm³/mol. The number of ether oxygens (including phenoxy) is 3. The highest BCUT2D eigenvalue weighted by atomic mass is 19.1. The van der Waals surface area contributed by atoms with E-state index in [1.807, 2.05) is 30.3 Å². The van der Waals surface area contributed by atoms with Gasteiger partial charge in [-0.15, -0.1) is 0 Å².